The third-order valence-electron chi connectivity index (χ3n) is 7.30. The minimum atomic E-state index is -0.731. The van der Waals surface area contributed by atoms with Gasteiger partial charge in [0.2, 0.25) is 5.91 Å². The van der Waals surface area contributed by atoms with Crippen LogP contribution < -0.4 is 16.4 Å². The monoisotopic (exact) mass is 524 g/mol. The first-order chi connectivity index (χ1) is 18.0. The van der Waals surface area contributed by atoms with Crippen LogP contribution in [0.3, 0.4) is 0 Å². The van der Waals surface area contributed by atoms with Gasteiger partial charge in [-0.05, 0) is 27.8 Å². The number of hydrogen-bond donors (Lipinski definition) is 4. The van der Waals surface area contributed by atoms with Gasteiger partial charge in [0.15, 0.2) is 0 Å². The fourth-order valence-electron chi connectivity index (χ4n) is 5.23. The summed E-state index contributed by atoms with van der Waals surface area (Å²) in [7, 11) is 0. The molecule has 0 spiro atoms. The van der Waals surface area contributed by atoms with Crippen LogP contribution in [0.25, 0.3) is 0 Å². The van der Waals surface area contributed by atoms with Crippen LogP contribution in [-0.2, 0) is 24.2 Å². The molecule has 0 aromatic heterocycles. The Balaban J connectivity index is 0.00000336. The summed E-state index contributed by atoms with van der Waals surface area (Å²) in [6.45, 7) is 1.06. The Morgan fingerprint density at radius 3 is 1.79 bits per heavy atom. The predicted octanol–water partition coefficient (Wildman–Crippen LogP) is 4.97. The molecular formula is C32H33ClN4O. The lowest BCUT2D eigenvalue weighted by Gasteiger charge is -2.32. The third kappa shape index (κ3) is 5.96. The van der Waals surface area contributed by atoms with Crippen molar-refractivity contribution in [2.75, 3.05) is 6.54 Å². The Morgan fingerprint density at radius 1 is 0.789 bits per heavy atom. The molecule has 0 atom stereocenters. The molecule has 4 aromatic rings. The highest BCUT2D eigenvalue weighted by atomic mass is 35.5. The van der Waals surface area contributed by atoms with Gasteiger partial charge in [0.25, 0.3) is 0 Å². The molecule has 194 valence electrons. The van der Waals surface area contributed by atoms with Crippen molar-refractivity contribution >= 4 is 24.1 Å². The summed E-state index contributed by atoms with van der Waals surface area (Å²) < 4.78 is 0. The van der Waals surface area contributed by atoms with Crippen molar-refractivity contribution in [3.63, 3.8) is 0 Å². The Hall–Kier alpha value is -3.93. The summed E-state index contributed by atoms with van der Waals surface area (Å²) in [4.78, 5) is 13.8. The van der Waals surface area contributed by atoms with E-state index in [0.717, 1.165) is 5.56 Å². The third-order valence-corrected chi connectivity index (χ3v) is 7.30. The Labute approximate surface area is 230 Å². The van der Waals surface area contributed by atoms with Gasteiger partial charge in [-0.1, -0.05) is 109 Å². The maximum Gasteiger partial charge on any atom is 0.241 e. The quantitative estimate of drug-likeness (QED) is 0.184. The zero-order chi connectivity index (χ0) is 25.7. The van der Waals surface area contributed by atoms with Crippen molar-refractivity contribution in [2.45, 2.75) is 30.8 Å². The topological polar surface area (TPSA) is 91.0 Å². The largest absolute Gasteiger partial charge is 0.384 e. The second kappa shape index (κ2) is 12.1. The molecule has 0 unspecified atom stereocenters. The van der Waals surface area contributed by atoms with Gasteiger partial charge in [0, 0.05) is 37.4 Å². The number of benzene rings is 4. The first-order valence-electron chi connectivity index (χ1n) is 12.7. The molecule has 0 aliphatic heterocycles. The van der Waals surface area contributed by atoms with Crippen molar-refractivity contribution in [1.29, 1.82) is 5.41 Å². The molecule has 1 amide bonds. The highest BCUT2D eigenvalue weighted by molar-refractivity contribution is 5.95. The summed E-state index contributed by atoms with van der Waals surface area (Å²) >= 11 is 0. The number of amides is 1. The van der Waals surface area contributed by atoms with Gasteiger partial charge >= 0.3 is 0 Å². The maximum atomic E-state index is 13.8. The lowest BCUT2D eigenvalue weighted by molar-refractivity contribution is -0.127. The van der Waals surface area contributed by atoms with Gasteiger partial charge in [-0.25, -0.2) is 0 Å². The lowest BCUT2D eigenvalue weighted by Crippen LogP contribution is -2.58. The van der Waals surface area contributed by atoms with E-state index in [-0.39, 0.29) is 30.1 Å². The first kappa shape index (κ1) is 27.1. The normalized spacial score (nSPS) is 13.4. The van der Waals surface area contributed by atoms with Crippen molar-refractivity contribution in [3.05, 3.63) is 143 Å². The molecule has 0 bridgehead atoms. The number of halogens is 1. The average molecular weight is 525 g/mol. The smallest absolute Gasteiger partial charge is 0.241 e. The molecule has 6 heteroatoms. The molecule has 0 heterocycles. The second-order valence-corrected chi connectivity index (χ2v) is 9.75. The number of amidine groups is 1. The number of nitrogens with one attached hydrogen (secondary N) is 3. The molecule has 5 nitrogen and oxygen atoms in total. The van der Waals surface area contributed by atoms with E-state index in [9.17, 15) is 4.79 Å². The molecular weight excluding hydrogens is 492 g/mol. The van der Waals surface area contributed by atoms with Gasteiger partial charge in [-0.3, -0.25) is 10.2 Å². The SMILES string of the molecule is Cl.N=C(N)c1ccc(CNC(=O)C2(NCC(c3ccccc3)c3ccccc3)Cc3ccccc3C2)cc1. The molecule has 0 saturated heterocycles. The van der Waals surface area contributed by atoms with Crippen LogP contribution in [-0.4, -0.2) is 23.8 Å². The van der Waals surface area contributed by atoms with Crippen LogP contribution in [0.4, 0.5) is 0 Å². The van der Waals surface area contributed by atoms with Crippen molar-refractivity contribution in [2.24, 2.45) is 5.73 Å². The molecule has 38 heavy (non-hydrogen) atoms. The molecule has 0 radical (unpaired) electrons. The van der Waals surface area contributed by atoms with E-state index in [1.165, 1.54) is 22.3 Å². The summed E-state index contributed by atoms with van der Waals surface area (Å²) in [5.74, 6) is 0.156. The second-order valence-electron chi connectivity index (χ2n) is 9.75. The number of carbonyl (C=O) groups is 1. The van der Waals surface area contributed by atoms with Gasteiger partial charge < -0.3 is 16.4 Å². The number of nitrogen functional groups attached to an aromatic ring is 1. The van der Waals surface area contributed by atoms with E-state index in [1.807, 2.05) is 48.5 Å². The number of hydrogen-bond acceptors (Lipinski definition) is 3. The zero-order valence-electron chi connectivity index (χ0n) is 21.2. The first-order valence-corrected chi connectivity index (χ1v) is 12.7. The van der Waals surface area contributed by atoms with Crippen molar-refractivity contribution in [3.8, 4) is 0 Å². The van der Waals surface area contributed by atoms with E-state index in [2.05, 4.69) is 71.3 Å². The number of fused-ring (bicyclic) bond motifs is 1. The van der Waals surface area contributed by atoms with Crippen LogP contribution in [0.1, 0.15) is 39.3 Å². The minimum absolute atomic E-state index is 0. The molecule has 4 aromatic carbocycles. The van der Waals surface area contributed by atoms with E-state index in [4.69, 9.17) is 11.1 Å². The fraction of sp³-hybridized carbons (Fsp3) is 0.188. The number of rotatable bonds is 9. The summed E-state index contributed by atoms with van der Waals surface area (Å²) in [5.41, 5.74) is 11.4. The summed E-state index contributed by atoms with van der Waals surface area (Å²) in [6, 6.07) is 36.7. The van der Waals surface area contributed by atoms with Gasteiger partial charge in [-0.15, -0.1) is 12.4 Å². The van der Waals surface area contributed by atoms with E-state index in [1.54, 1.807) is 0 Å². The molecule has 1 aliphatic rings. The highest BCUT2D eigenvalue weighted by Crippen LogP contribution is 2.32. The maximum absolute atomic E-state index is 13.8. The van der Waals surface area contributed by atoms with Crippen molar-refractivity contribution in [1.82, 2.24) is 10.6 Å². The van der Waals surface area contributed by atoms with Gasteiger partial charge in [0.05, 0.1) is 0 Å². The Morgan fingerprint density at radius 2 is 1.29 bits per heavy atom. The van der Waals surface area contributed by atoms with Crippen LogP contribution >= 0.6 is 12.4 Å². The van der Waals surface area contributed by atoms with Crippen LogP contribution in [0, 0.1) is 5.41 Å². The van der Waals surface area contributed by atoms with E-state index in [0.29, 0.717) is 31.5 Å². The molecule has 0 fully saturated rings. The molecule has 0 saturated carbocycles. The van der Waals surface area contributed by atoms with E-state index < -0.39 is 5.54 Å². The average Bonchev–Trinajstić information content (AvgIpc) is 3.33. The van der Waals surface area contributed by atoms with Crippen LogP contribution in [0.2, 0.25) is 0 Å². The van der Waals surface area contributed by atoms with Gasteiger partial charge in [0.1, 0.15) is 11.4 Å². The Kier molecular flexibility index (Phi) is 8.62. The molecule has 5 rings (SSSR count). The van der Waals surface area contributed by atoms with E-state index >= 15 is 0 Å². The molecule has 5 N–H and O–H groups in total. The van der Waals surface area contributed by atoms with Gasteiger partial charge in [-0.2, -0.15) is 0 Å². The number of carbonyl (C=O) groups excluding carboxylic acids is 1. The predicted molar refractivity (Wildman–Crippen MR) is 156 cm³/mol. The standard InChI is InChI=1S/C32H32N4O.ClH/c33-30(34)26-17-15-23(16-18-26)21-35-31(37)32(19-27-13-7-8-14-28(27)20-32)36-22-29(24-9-3-1-4-10-24)25-11-5-2-6-12-25;/h1-18,29,36H,19-22H2,(H3,33,34)(H,35,37);1H. The Bertz CT molecular complexity index is 1310. The minimum Gasteiger partial charge on any atom is -0.384 e. The highest BCUT2D eigenvalue weighted by Gasteiger charge is 2.43. The van der Waals surface area contributed by atoms with Crippen LogP contribution in [0.15, 0.2) is 109 Å². The summed E-state index contributed by atoms with van der Waals surface area (Å²) in [5, 5.41) is 14.5. The lowest BCUT2D eigenvalue weighted by atomic mass is 9.88. The fourth-order valence-corrected chi connectivity index (χ4v) is 5.23. The summed E-state index contributed by atoms with van der Waals surface area (Å²) in [6.07, 6.45) is 1.29. The van der Waals surface area contributed by atoms with Crippen molar-refractivity contribution < 1.29 is 4.79 Å². The van der Waals surface area contributed by atoms with Crippen LogP contribution in [0.5, 0.6) is 0 Å². The zero-order valence-corrected chi connectivity index (χ0v) is 22.0. The number of nitrogens with two attached hydrogens (primary N) is 1. The molecule has 1 aliphatic carbocycles.